The number of hydrogen-bond acceptors (Lipinski definition) is 5. The van der Waals surface area contributed by atoms with E-state index in [0.29, 0.717) is 5.92 Å². The van der Waals surface area contributed by atoms with E-state index in [9.17, 15) is 0 Å². The molecule has 0 aliphatic carbocycles. The largest absolute Gasteiger partial charge is 0.481 e. The molecule has 1 N–H and O–H groups in total. The minimum atomic E-state index is 0.599. The SMILES string of the molecule is COc1c(-c2cnc(NCC(C)C)s2)c(C)nn1C. The van der Waals surface area contributed by atoms with Crippen LogP contribution in [0.5, 0.6) is 5.88 Å². The third-order valence-corrected chi connectivity index (χ3v) is 3.75. The molecule has 0 unspecified atom stereocenters. The number of anilines is 1. The third-order valence-electron chi connectivity index (χ3n) is 2.78. The number of methoxy groups -OCH3 is 1. The van der Waals surface area contributed by atoms with Gasteiger partial charge in [-0.1, -0.05) is 25.2 Å². The molecule has 104 valence electrons. The van der Waals surface area contributed by atoms with Gasteiger partial charge in [0.15, 0.2) is 5.13 Å². The van der Waals surface area contributed by atoms with Crippen molar-refractivity contribution in [2.24, 2.45) is 13.0 Å². The number of thiazole rings is 1. The van der Waals surface area contributed by atoms with E-state index in [2.05, 4.69) is 29.2 Å². The molecule has 2 aromatic heterocycles. The van der Waals surface area contributed by atoms with Gasteiger partial charge < -0.3 is 10.1 Å². The van der Waals surface area contributed by atoms with E-state index in [-0.39, 0.29) is 0 Å². The molecule has 0 atom stereocenters. The summed E-state index contributed by atoms with van der Waals surface area (Å²) in [5, 5.41) is 8.67. The van der Waals surface area contributed by atoms with Gasteiger partial charge in [-0.3, -0.25) is 0 Å². The first-order chi connectivity index (χ1) is 9.02. The Morgan fingerprint density at radius 1 is 1.47 bits per heavy atom. The average Bonchev–Trinajstić information content (AvgIpc) is 2.90. The van der Waals surface area contributed by atoms with E-state index in [4.69, 9.17) is 4.74 Å². The first kappa shape index (κ1) is 13.9. The zero-order chi connectivity index (χ0) is 14.0. The van der Waals surface area contributed by atoms with Crippen LogP contribution in [-0.4, -0.2) is 28.4 Å². The summed E-state index contributed by atoms with van der Waals surface area (Å²) >= 11 is 1.63. The monoisotopic (exact) mass is 280 g/mol. The smallest absolute Gasteiger partial charge is 0.220 e. The zero-order valence-electron chi connectivity index (χ0n) is 12.0. The quantitative estimate of drug-likeness (QED) is 0.915. The van der Waals surface area contributed by atoms with Crippen molar-refractivity contribution >= 4 is 16.5 Å². The first-order valence-corrected chi connectivity index (χ1v) is 7.12. The second-order valence-corrected chi connectivity index (χ2v) is 5.93. The summed E-state index contributed by atoms with van der Waals surface area (Å²) in [6.07, 6.45) is 1.87. The van der Waals surface area contributed by atoms with Gasteiger partial charge in [0, 0.05) is 19.8 Å². The van der Waals surface area contributed by atoms with Crippen molar-refractivity contribution in [3.8, 4) is 16.3 Å². The Labute approximate surface area is 117 Å². The lowest BCUT2D eigenvalue weighted by Crippen LogP contribution is -2.07. The number of nitrogens with one attached hydrogen (secondary N) is 1. The molecular formula is C13H20N4OS. The van der Waals surface area contributed by atoms with E-state index >= 15 is 0 Å². The summed E-state index contributed by atoms with van der Waals surface area (Å²) in [5.41, 5.74) is 1.98. The van der Waals surface area contributed by atoms with Crippen LogP contribution in [0.4, 0.5) is 5.13 Å². The van der Waals surface area contributed by atoms with Gasteiger partial charge in [-0.25, -0.2) is 9.67 Å². The lowest BCUT2D eigenvalue weighted by Gasteiger charge is -2.04. The molecule has 0 aromatic carbocycles. The van der Waals surface area contributed by atoms with E-state index in [0.717, 1.165) is 33.7 Å². The van der Waals surface area contributed by atoms with Crippen molar-refractivity contribution in [3.63, 3.8) is 0 Å². The summed E-state index contributed by atoms with van der Waals surface area (Å²) in [5.74, 6) is 1.37. The molecule has 0 spiro atoms. The van der Waals surface area contributed by atoms with E-state index in [1.165, 1.54) is 0 Å². The summed E-state index contributed by atoms with van der Waals surface area (Å²) in [6, 6.07) is 0. The summed E-state index contributed by atoms with van der Waals surface area (Å²) < 4.78 is 7.17. The lowest BCUT2D eigenvalue weighted by atomic mass is 10.2. The molecule has 19 heavy (non-hydrogen) atoms. The topological polar surface area (TPSA) is 52.0 Å². The van der Waals surface area contributed by atoms with Crippen molar-refractivity contribution in [1.29, 1.82) is 0 Å². The number of hydrogen-bond donors (Lipinski definition) is 1. The van der Waals surface area contributed by atoms with Gasteiger partial charge in [0.1, 0.15) is 0 Å². The number of nitrogens with zero attached hydrogens (tertiary/aromatic N) is 3. The van der Waals surface area contributed by atoms with Crippen LogP contribution in [0.15, 0.2) is 6.20 Å². The fourth-order valence-corrected chi connectivity index (χ4v) is 2.83. The molecule has 0 fully saturated rings. The van der Waals surface area contributed by atoms with Gasteiger partial charge in [0.05, 0.1) is 23.2 Å². The molecule has 0 bridgehead atoms. The molecule has 0 saturated carbocycles. The zero-order valence-corrected chi connectivity index (χ0v) is 12.8. The number of ether oxygens (including phenoxy) is 1. The van der Waals surface area contributed by atoms with Crippen LogP contribution >= 0.6 is 11.3 Å². The maximum atomic E-state index is 5.42. The Morgan fingerprint density at radius 3 is 2.84 bits per heavy atom. The average molecular weight is 280 g/mol. The molecule has 0 amide bonds. The Bertz CT molecular complexity index is 559. The standard InChI is InChI=1S/C13H20N4OS/c1-8(2)6-14-13-15-7-10(19-13)11-9(3)16-17(4)12(11)18-5/h7-8H,6H2,1-5H3,(H,14,15). The minimum Gasteiger partial charge on any atom is -0.481 e. The molecule has 0 radical (unpaired) electrons. The third kappa shape index (κ3) is 2.89. The molecule has 5 nitrogen and oxygen atoms in total. The number of rotatable bonds is 5. The van der Waals surface area contributed by atoms with Crippen LogP contribution in [0.25, 0.3) is 10.4 Å². The van der Waals surface area contributed by atoms with Crippen LogP contribution in [0, 0.1) is 12.8 Å². The number of aromatic nitrogens is 3. The second-order valence-electron chi connectivity index (χ2n) is 4.90. The van der Waals surface area contributed by atoms with Crippen molar-refractivity contribution in [2.75, 3.05) is 19.0 Å². The van der Waals surface area contributed by atoms with Gasteiger partial charge in [-0.15, -0.1) is 0 Å². The van der Waals surface area contributed by atoms with Crippen molar-refractivity contribution in [2.45, 2.75) is 20.8 Å². The molecule has 6 heteroatoms. The van der Waals surface area contributed by atoms with Crippen LogP contribution in [0.3, 0.4) is 0 Å². The van der Waals surface area contributed by atoms with Gasteiger partial charge in [0.25, 0.3) is 0 Å². The van der Waals surface area contributed by atoms with E-state index in [1.807, 2.05) is 20.2 Å². The van der Waals surface area contributed by atoms with Crippen molar-refractivity contribution < 1.29 is 4.74 Å². The Balaban J connectivity index is 2.27. The van der Waals surface area contributed by atoms with Crippen LogP contribution < -0.4 is 10.1 Å². The molecule has 0 aliphatic rings. The van der Waals surface area contributed by atoms with Crippen LogP contribution in [-0.2, 0) is 7.05 Å². The fraction of sp³-hybridized carbons (Fsp3) is 0.538. The molecular weight excluding hydrogens is 260 g/mol. The predicted molar refractivity (Wildman–Crippen MR) is 78.9 cm³/mol. The highest BCUT2D eigenvalue weighted by molar-refractivity contribution is 7.18. The van der Waals surface area contributed by atoms with E-state index < -0.39 is 0 Å². The molecule has 2 heterocycles. The number of aryl methyl sites for hydroxylation is 2. The highest BCUT2D eigenvalue weighted by Crippen LogP contribution is 2.37. The second kappa shape index (κ2) is 5.61. The Hall–Kier alpha value is -1.56. The fourth-order valence-electron chi connectivity index (χ4n) is 1.92. The first-order valence-electron chi connectivity index (χ1n) is 6.30. The van der Waals surface area contributed by atoms with Crippen molar-refractivity contribution in [1.82, 2.24) is 14.8 Å². The van der Waals surface area contributed by atoms with Gasteiger partial charge >= 0.3 is 0 Å². The van der Waals surface area contributed by atoms with Crippen LogP contribution in [0.2, 0.25) is 0 Å². The molecule has 0 aliphatic heterocycles. The van der Waals surface area contributed by atoms with Crippen molar-refractivity contribution in [3.05, 3.63) is 11.9 Å². The summed E-state index contributed by atoms with van der Waals surface area (Å²) in [4.78, 5) is 5.48. The summed E-state index contributed by atoms with van der Waals surface area (Å²) in [6.45, 7) is 7.26. The van der Waals surface area contributed by atoms with Gasteiger partial charge in [0.2, 0.25) is 5.88 Å². The highest BCUT2D eigenvalue weighted by Gasteiger charge is 2.18. The normalized spacial score (nSPS) is 11.1. The maximum absolute atomic E-state index is 5.42. The Kier molecular flexibility index (Phi) is 4.09. The van der Waals surface area contributed by atoms with Gasteiger partial charge in [-0.05, 0) is 12.8 Å². The minimum absolute atomic E-state index is 0.599. The lowest BCUT2D eigenvalue weighted by molar-refractivity contribution is 0.375. The molecule has 0 saturated heterocycles. The summed E-state index contributed by atoms with van der Waals surface area (Å²) in [7, 11) is 3.55. The van der Waals surface area contributed by atoms with Crippen LogP contribution in [0.1, 0.15) is 19.5 Å². The van der Waals surface area contributed by atoms with E-state index in [1.54, 1.807) is 23.1 Å². The Morgan fingerprint density at radius 2 is 2.21 bits per heavy atom. The predicted octanol–water partition coefficient (Wildman–Crippen LogP) is 2.93. The van der Waals surface area contributed by atoms with Gasteiger partial charge in [-0.2, -0.15) is 5.10 Å². The molecule has 2 aromatic rings. The molecule has 2 rings (SSSR count). The maximum Gasteiger partial charge on any atom is 0.220 e. The highest BCUT2D eigenvalue weighted by atomic mass is 32.1.